The molecule has 1 aliphatic heterocycles. The smallest absolute Gasteiger partial charge is 0.401 e. The normalized spacial score (nSPS) is 19.4. The van der Waals surface area contributed by atoms with Crippen LogP contribution in [0.25, 0.3) is 10.9 Å². The number of nitrogens with zero attached hydrogens (tertiary/aromatic N) is 5. The molecule has 0 saturated heterocycles. The molecule has 6 rings (SSSR count). The summed E-state index contributed by atoms with van der Waals surface area (Å²) >= 11 is 0. The first kappa shape index (κ1) is 28.1. The SMILES string of the molecule is C[C@H]1Cc2c(ncnc2Oc2ccc3c(ccn3C(=O)Nc3cc(C4(C(F)(F)F)CC4)on3)c2)CN1C(O)C(C)(C)N. The number of alkyl halides is 3. The van der Waals surface area contributed by atoms with Crippen LogP contribution in [0.2, 0.25) is 0 Å². The maximum Gasteiger partial charge on any atom is 0.401 e. The number of amides is 1. The third kappa shape index (κ3) is 4.88. The molecule has 4 N–H and O–H groups in total. The number of carbonyl (C=O) groups excluding carboxylic acids is 1. The van der Waals surface area contributed by atoms with E-state index < -0.39 is 29.4 Å². The second kappa shape index (κ2) is 9.78. The fourth-order valence-corrected chi connectivity index (χ4v) is 5.35. The van der Waals surface area contributed by atoms with Gasteiger partial charge in [0.15, 0.2) is 11.6 Å². The Bertz CT molecular complexity index is 1660. The number of rotatable bonds is 6. The van der Waals surface area contributed by atoms with Gasteiger partial charge in [-0.3, -0.25) is 14.8 Å². The number of nitrogens with two attached hydrogens (primary N) is 1. The van der Waals surface area contributed by atoms with Gasteiger partial charge in [-0.25, -0.2) is 14.8 Å². The first-order valence-corrected chi connectivity index (χ1v) is 13.5. The maximum atomic E-state index is 13.4. The molecule has 1 fully saturated rings. The number of hydrogen-bond donors (Lipinski definition) is 3. The third-order valence-corrected chi connectivity index (χ3v) is 7.98. The lowest BCUT2D eigenvalue weighted by Crippen LogP contribution is -2.58. The Balaban J connectivity index is 1.18. The molecule has 1 aromatic carbocycles. The van der Waals surface area contributed by atoms with E-state index >= 15 is 0 Å². The highest BCUT2D eigenvalue weighted by molar-refractivity contribution is 5.98. The fourth-order valence-electron chi connectivity index (χ4n) is 5.35. The Hall–Kier alpha value is -4.01. The van der Waals surface area contributed by atoms with Gasteiger partial charge in [-0.2, -0.15) is 13.2 Å². The number of halogens is 3. The molecule has 222 valence electrons. The Morgan fingerprint density at radius 1 is 1.24 bits per heavy atom. The standard InChI is InChI=1S/C28H30F3N7O4/c1-15-10-18-19(13-38(15)24(39)26(2,3)32)33-14-34-23(18)41-17-4-5-20-16(11-17)6-9-37(20)25(40)35-22-12-21(42-36-22)27(7-8-27)28(29,30)31/h4-6,9,11-12,14-15,24,39H,7-8,10,13,32H2,1-3H3,(H,35,36,40)/t15-,24?/m0/s1. The Morgan fingerprint density at radius 2 is 2.00 bits per heavy atom. The summed E-state index contributed by atoms with van der Waals surface area (Å²) in [6.07, 6.45) is -1.95. The maximum absolute atomic E-state index is 13.4. The van der Waals surface area contributed by atoms with Crippen molar-refractivity contribution in [1.82, 2.24) is 24.6 Å². The zero-order chi connectivity index (χ0) is 30.0. The van der Waals surface area contributed by atoms with Crippen LogP contribution in [-0.2, 0) is 18.4 Å². The fraction of sp³-hybridized carbons (Fsp3) is 0.429. The lowest BCUT2D eigenvalue weighted by Gasteiger charge is -2.42. The van der Waals surface area contributed by atoms with Gasteiger partial charge in [0.1, 0.15) is 23.7 Å². The van der Waals surface area contributed by atoms with Crippen molar-refractivity contribution in [2.24, 2.45) is 5.73 Å². The molecule has 1 unspecified atom stereocenters. The lowest BCUT2D eigenvalue weighted by molar-refractivity contribution is -0.165. The molecule has 42 heavy (non-hydrogen) atoms. The summed E-state index contributed by atoms with van der Waals surface area (Å²) in [7, 11) is 0. The first-order valence-electron chi connectivity index (χ1n) is 13.5. The number of aliphatic hydroxyl groups excluding tert-OH is 1. The van der Waals surface area contributed by atoms with E-state index in [0.29, 0.717) is 35.5 Å². The summed E-state index contributed by atoms with van der Waals surface area (Å²) in [6, 6.07) is 7.32. The van der Waals surface area contributed by atoms with E-state index in [4.69, 9.17) is 15.0 Å². The molecule has 4 aromatic rings. The van der Waals surface area contributed by atoms with Crippen LogP contribution in [0.4, 0.5) is 23.8 Å². The quantitative estimate of drug-likeness (QED) is 0.294. The van der Waals surface area contributed by atoms with E-state index in [-0.39, 0.29) is 30.5 Å². The molecule has 1 aliphatic carbocycles. The van der Waals surface area contributed by atoms with Gasteiger partial charge in [-0.05, 0) is 64.3 Å². The molecule has 4 heterocycles. The van der Waals surface area contributed by atoms with Gasteiger partial charge in [0.2, 0.25) is 5.88 Å². The molecule has 14 heteroatoms. The number of aromatic nitrogens is 4. The van der Waals surface area contributed by atoms with Crippen LogP contribution in [0.5, 0.6) is 11.6 Å². The minimum absolute atomic E-state index is 0.0391. The third-order valence-electron chi connectivity index (χ3n) is 7.98. The molecule has 0 radical (unpaired) electrons. The summed E-state index contributed by atoms with van der Waals surface area (Å²) in [5.74, 6) is 0.482. The van der Waals surface area contributed by atoms with Crippen molar-refractivity contribution in [3.63, 3.8) is 0 Å². The highest BCUT2D eigenvalue weighted by atomic mass is 19.4. The van der Waals surface area contributed by atoms with Gasteiger partial charge in [-0.1, -0.05) is 5.16 Å². The van der Waals surface area contributed by atoms with Crippen molar-refractivity contribution in [3.8, 4) is 11.6 Å². The van der Waals surface area contributed by atoms with E-state index in [1.807, 2.05) is 11.8 Å². The van der Waals surface area contributed by atoms with E-state index in [1.165, 1.54) is 17.1 Å². The average molecular weight is 586 g/mol. The van der Waals surface area contributed by atoms with Gasteiger partial charge in [-0.15, -0.1) is 0 Å². The highest BCUT2D eigenvalue weighted by Crippen LogP contribution is 2.59. The minimum Gasteiger partial charge on any atom is -0.439 e. The van der Waals surface area contributed by atoms with Gasteiger partial charge >= 0.3 is 12.2 Å². The zero-order valence-corrected chi connectivity index (χ0v) is 23.1. The largest absolute Gasteiger partial charge is 0.439 e. The molecule has 0 spiro atoms. The average Bonchev–Trinajstić information content (AvgIpc) is 3.44. The molecular formula is C28H30F3N7O4. The molecule has 1 saturated carbocycles. The number of carbonyl (C=O) groups is 1. The van der Waals surface area contributed by atoms with Crippen molar-refractivity contribution in [2.45, 2.75) is 76.0 Å². The summed E-state index contributed by atoms with van der Waals surface area (Å²) < 4.78 is 52.6. The Labute approximate surface area is 238 Å². The molecule has 2 atom stereocenters. The Kier molecular flexibility index (Phi) is 6.55. The van der Waals surface area contributed by atoms with Crippen LogP contribution >= 0.6 is 0 Å². The molecular weight excluding hydrogens is 555 g/mol. The summed E-state index contributed by atoms with van der Waals surface area (Å²) in [4.78, 5) is 23.6. The van der Waals surface area contributed by atoms with Gasteiger partial charge in [0.05, 0.1) is 11.2 Å². The van der Waals surface area contributed by atoms with E-state index in [9.17, 15) is 23.1 Å². The van der Waals surface area contributed by atoms with Gasteiger partial charge in [0, 0.05) is 41.3 Å². The van der Waals surface area contributed by atoms with Crippen LogP contribution < -0.4 is 15.8 Å². The van der Waals surface area contributed by atoms with Crippen molar-refractivity contribution < 1.29 is 32.3 Å². The summed E-state index contributed by atoms with van der Waals surface area (Å²) in [6.45, 7) is 5.92. The predicted octanol–water partition coefficient (Wildman–Crippen LogP) is 4.69. The number of nitrogens with one attached hydrogen (secondary N) is 1. The van der Waals surface area contributed by atoms with Crippen LogP contribution in [-0.4, -0.2) is 59.7 Å². The summed E-state index contributed by atoms with van der Waals surface area (Å²) in [5.41, 5.74) is 5.43. The molecule has 2 aliphatic rings. The topological polar surface area (TPSA) is 145 Å². The van der Waals surface area contributed by atoms with Crippen molar-refractivity contribution >= 4 is 22.8 Å². The lowest BCUT2D eigenvalue weighted by atomic mass is 9.95. The second-order valence-corrected chi connectivity index (χ2v) is 11.6. The van der Waals surface area contributed by atoms with Crippen LogP contribution in [0.1, 0.15) is 50.6 Å². The highest BCUT2D eigenvalue weighted by Gasteiger charge is 2.67. The second-order valence-electron chi connectivity index (χ2n) is 11.6. The number of benzene rings is 1. The van der Waals surface area contributed by atoms with E-state index in [2.05, 4.69) is 20.4 Å². The van der Waals surface area contributed by atoms with Crippen molar-refractivity contribution in [2.75, 3.05) is 5.32 Å². The minimum atomic E-state index is -4.45. The van der Waals surface area contributed by atoms with E-state index in [1.54, 1.807) is 38.1 Å². The number of anilines is 1. The van der Waals surface area contributed by atoms with Gasteiger partial charge < -0.3 is 20.1 Å². The van der Waals surface area contributed by atoms with Crippen LogP contribution in [0, 0.1) is 0 Å². The monoisotopic (exact) mass is 585 g/mol. The van der Waals surface area contributed by atoms with Crippen molar-refractivity contribution in [1.29, 1.82) is 0 Å². The first-order chi connectivity index (χ1) is 19.8. The van der Waals surface area contributed by atoms with Gasteiger partial charge in [0.25, 0.3) is 0 Å². The molecule has 3 aromatic heterocycles. The molecule has 11 nitrogen and oxygen atoms in total. The number of fused-ring (bicyclic) bond motifs is 2. The molecule has 0 bridgehead atoms. The zero-order valence-electron chi connectivity index (χ0n) is 23.1. The van der Waals surface area contributed by atoms with Crippen LogP contribution in [0.3, 0.4) is 0 Å². The molecule has 1 amide bonds. The van der Waals surface area contributed by atoms with Crippen LogP contribution in [0.15, 0.2) is 47.4 Å². The Morgan fingerprint density at radius 3 is 2.69 bits per heavy atom. The summed E-state index contributed by atoms with van der Waals surface area (Å²) in [5, 5.41) is 17.5. The number of hydrogen-bond acceptors (Lipinski definition) is 9. The van der Waals surface area contributed by atoms with E-state index in [0.717, 1.165) is 17.3 Å². The number of aliphatic hydroxyl groups is 1. The van der Waals surface area contributed by atoms with Crippen molar-refractivity contribution in [3.05, 3.63) is 59.9 Å². The predicted molar refractivity (Wildman–Crippen MR) is 145 cm³/mol. The number of ether oxygens (including phenoxy) is 1.